The second kappa shape index (κ2) is 7.05. The number of aryl methyl sites for hydroxylation is 1. The molecule has 0 aliphatic rings. The van der Waals surface area contributed by atoms with E-state index in [0.717, 1.165) is 12.1 Å². The van der Waals surface area contributed by atoms with E-state index >= 15 is 0 Å². The number of rotatable bonds is 4. The van der Waals surface area contributed by atoms with E-state index in [-0.39, 0.29) is 11.3 Å². The molecule has 2 rings (SSSR count). The Bertz CT molecular complexity index is 1010. The van der Waals surface area contributed by atoms with Gasteiger partial charge in [-0.3, -0.25) is 4.79 Å². The van der Waals surface area contributed by atoms with Crippen LogP contribution in [0.15, 0.2) is 45.7 Å². The second-order valence-corrected chi connectivity index (χ2v) is 6.72. The molecule has 0 saturated carbocycles. The molecule has 6 nitrogen and oxygen atoms in total. The largest absolute Gasteiger partial charge is 0.462 e. The van der Waals surface area contributed by atoms with Gasteiger partial charge in [0, 0.05) is 6.08 Å². The van der Waals surface area contributed by atoms with Gasteiger partial charge < -0.3 is 4.42 Å². The summed E-state index contributed by atoms with van der Waals surface area (Å²) in [6.45, 7) is 1.66. The number of nitrogens with zero attached hydrogens (tertiary/aromatic N) is 1. The lowest BCUT2D eigenvalue weighted by atomic mass is 10.1. The summed E-state index contributed by atoms with van der Waals surface area (Å²) in [7, 11) is -4.81. The molecule has 1 amide bonds. The number of halogens is 3. The number of nitriles is 1. The third-order valence-corrected chi connectivity index (χ3v) is 4.50. The molecule has 1 heterocycles. The minimum absolute atomic E-state index is 0.268. The molecule has 0 fully saturated rings. The molecule has 0 bridgehead atoms. The van der Waals surface area contributed by atoms with Crippen molar-refractivity contribution >= 4 is 22.0 Å². The maximum absolute atomic E-state index is 13.1. The number of sulfonamides is 1. The number of hydrogen-bond donors (Lipinski definition) is 1. The van der Waals surface area contributed by atoms with Crippen molar-refractivity contribution in [3.8, 4) is 6.07 Å². The first kappa shape index (κ1) is 19.3. The lowest BCUT2D eigenvalue weighted by Gasteiger charge is -2.13. The Morgan fingerprint density at radius 1 is 1.27 bits per heavy atom. The van der Waals surface area contributed by atoms with Crippen LogP contribution in [0.3, 0.4) is 0 Å². The molecule has 1 N–H and O–H groups in total. The van der Waals surface area contributed by atoms with E-state index in [0.29, 0.717) is 17.9 Å². The molecule has 26 heavy (non-hydrogen) atoms. The van der Waals surface area contributed by atoms with E-state index in [1.807, 2.05) is 0 Å². The average molecular weight is 384 g/mol. The molecule has 0 aliphatic carbocycles. The third kappa shape index (κ3) is 4.52. The maximum Gasteiger partial charge on any atom is 0.417 e. The van der Waals surface area contributed by atoms with Crippen LogP contribution < -0.4 is 4.72 Å². The summed E-state index contributed by atoms with van der Waals surface area (Å²) < 4.78 is 70.2. The van der Waals surface area contributed by atoms with Crippen LogP contribution in [-0.4, -0.2) is 14.3 Å². The Morgan fingerprint density at radius 2 is 1.96 bits per heavy atom. The quantitative estimate of drug-likeness (QED) is 0.817. The van der Waals surface area contributed by atoms with Gasteiger partial charge >= 0.3 is 6.18 Å². The van der Waals surface area contributed by atoms with Crippen LogP contribution in [0.2, 0.25) is 0 Å². The van der Waals surface area contributed by atoms with Crippen molar-refractivity contribution in [2.75, 3.05) is 0 Å². The first-order valence-electron chi connectivity index (χ1n) is 6.95. The van der Waals surface area contributed by atoms with Crippen LogP contribution in [0.1, 0.15) is 22.6 Å². The monoisotopic (exact) mass is 384 g/mol. The van der Waals surface area contributed by atoms with E-state index in [9.17, 15) is 26.4 Å². The van der Waals surface area contributed by atoms with Gasteiger partial charge in [-0.25, -0.2) is 13.1 Å². The molecule has 0 atom stereocenters. The van der Waals surface area contributed by atoms with E-state index in [4.69, 9.17) is 9.68 Å². The van der Waals surface area contributed by atoms with Crippen molar-refractivity contribution in [2.24, 2.45) is 0 Å². The number of alkyl halides is 3. The summed E-state index contributed by atoms with van der Waals surface area (Å²) in [5.74, 6) is -0.328. The Hall–Kier alpha value is -3.06. The Morgan fingerprint density at radius 3 is 2.50 bits per heavy atom. The highest BCUT2D eigenvalue weighted by atomic mass is 32.2. The van der Waals surface area contributed by atoms with E-state index in [1.54, 1.807) is 13.0 Å². The zero-order valence-electron chi connectivity index (χ0n) is 13.2. The number of benzene rings is 1. The highest BCUT2D eigenvalue weighted by molar-refractivity contribution is 7.90. The predicted molar refractivity (Wildman–Crippen MR) is 84.0 cm³/mol. The smallest absolute Gasteiger partial charge is 0.417 e. The fourth-order valence-corrected chi connectivity index (χ4v) is 3.13. The number of carbonyl (C=O) groups excluding carboxylic acids is 1. The van der Waals surface area contributed by atoms with Crippen LogP contribution in [0.4, 0.5) is 13.2 Å². The van der Waals surface area contributed by atoms with Gasteiger partial charge in [-0.05, 0) is 43.3 Å². The minimum Gasteiger partial charge on any atom is -0.462 e. The fourth-order valence-electron chi connectivity index (χ4n) is 1.98. The van der Waals surface area contributed by atoms with Crippen molar-refractivity contribution in [3.63, 3.8) is 0 Å². The van der Waals surface area contributed by atoms with E-state index in [2.05, 4.69) is 0 Å². The summed E-state index contributed by atoms with van der Waals surface area (Å²) in [4.78, 5) is 10.6. The van der Waals surface area contributed by atoms with Crippen molar-refractivity contribution in [1.82, 2.24) is 4.72 Å². The standard InChI is InChI=1S/C16H11F3N2O4S/c1-10-2-4-12(25-10)5-7-15(22)21-26(23,24)14-6-3-11(9-20)8-13(14)16(17,18)19/h2-8H,1H3,(H,21,22)/b7-5+. The van der Waals surface area contributed by atoms with Gasteiger partial charge in [-0.2, -0.15) is 18.4 Å². The zero-order chi connectivity index (χ0) is 19.5. The summed E-state index contributed by atoms with van der Waals surface area (Å²) in [5.41, 5.74) is -1.90. The normalized spacial score (nSPS) is 12.1. The van der Waals surface area contributed by atoms with E-state index < -0.39 is 32.6 Å². The number of hydrogen-bond acceptors (Lipinski definition) is 5. The average Bonchev–Trinajstić information content (AvgIpc) is 2.96. The van der Waals surface area contributed by atoms with Gasteiger partial charge in [0.1, 0.15) is 11.5 Å². The Kier molecular flexibility index (Phi) is 5.22. The molecule has 10 heteroatoms. The second-order valence-electron chi connectivity index (χ2n) is 5.07. The number of amides is 1. The molecule has 0 unspecified atom stereocenters. The van der Waals surface area contributed by atoms with Crippen LogP contribution in [0.25, 0.3) is 6.08 Å². The Balaban J connectivity index is 2.31. The van der Waals surface area contributed by atoms with Crippen LogP contribution in [0, 0.1) is 18.3 Å². The molecule has 0 saturated heterocycles. The van der Waals surface area contributed by atoms with Gasteiger partial charge in [0.2, 0.25) is 0 Å². The minimum atomic E-state index is -5.03. The van der Waals surface area contributed by atoms with Gasteiger partial charge in [0.15, 0.2) is 0 Å². The highest BCUT2D eigenvalue weighted by Gasteiger charge is 2.37. The van der Waals surface area contributed by atoms with Crippen molar-refractivity contribution in [3.05, 3.63) is 59.1 Å². The topological polar surface area (TPSA) is 100 Å². The highest BCUT2D eigenvalue weighted by Crippen LogP contribution is 2.34. The number of nitrogens with one attached hydrogen (secondary N) is 1. The van der Waals surface area contributed by atoms with Gasteiger partial charge in [-0.15, -0.1) is 0 Å². The molecule has 136 valence electrons. The zero-order valence-corrected chi connectivity index (χ0v) is 14.0. The molecule has 0 radical (unpaired) electrons. The van der Waals surface area contributed by atoms with Crippen molar-refractivity contribution in [1.29, 1.82) is 5.26 Å². The molecular weight excluding hydrogens is 373 g/mol. The molecule has 1 aromatic heterocycles. The van der Waals surface area contributed by atoms with E-state index in [1.165, 1.54) is 22.9 Å². The summed E-state index contributed by atoms with van der Waals surface area (Å²) in [6, 6.07) is 6.57. The summed E-state index contributed by atoms with van der Waals surface area (Å²) >= 11 is 0. The van der Waals surface area contributed by atoms with Crippen LogP contribution in [0.5, 0.6) is 0 Å². The van der Waals surface area contributed by atoms with Crippen molar-refractivity contribution < 1.29 is 30.8 Å². The molecule has 1 aromatic carbocycles. The van der Waals surface area contributed by atoms with Crippen LogP contribution in [-0.2, 0) is 21.0 Å². The van der Waals surface area contributed by atoms with Gasteiger partial charge in [0.25, 0.3) is 15.9 Å². The lowest BCUT2D eigenvalue weighted by Crippen LogP contribution is -2.30. The van der Waals surface area contributed by atoms with Crippen molar-refractivity contribution in [2.45, 2.75) is 18.0 Å². The molecular formula is C16H11F3N2O4S. The maximum atomic E-state index is 13.1. The molecule has 2 aromatic rings. The van der Waals surface area contributed by atoms with Gasteiger partial charge in [0.05, 0.1) is 22.1 Å². The predicted octanol–water partition coefficient (Wildman–Crippen LogP) is 3.00. The summed E-state index contributed by atoms with van der Waals surface area (Å²) in [6.07, 6.45) is -3.05. The third-order valence-electron chi connectivity index (χ3n) is 3.10. The first-order valence-corrected chi connectivity index (χ1v) is 8.44. The van der Waals surface area contributed by atoms with Gasteiger partial charge in [-0.1, -0.05) is 0 Å². The number of furan rings is 1. The first-order chi connectivity index (χ1) is 12.0. The fraction of sp³-hybridized carbons (Fsp3) is 0.125. The molecule has 0 spiro atoms. The Labute approximate surface area is 146 Å². The summed E-state index contributed by atoms with van der Waals surface area (Å²) in [5, 5.41) is 8.69. The number of carbonyl (C=O) groups is 1. The SMILES string of the molecule is Cc1ccc(/C=C/C(=O)NS(=O)(=O)c2ccc(C#N)cc2C(F)(F)F)o1. The van der Waals surface area contributed by atoms with Crippen LogP contribution >= 0.6 is 0 Å². The molecule has 0 aliphatic heterocycles. The lowest BCUT2D eigenvalue weighted by molar-refractivity contribution is -0.140.